The number of carbonyl (C=O) groups is 1. The highest BCUT2D eigenvalue weighted by atomic mass is 19.1. The second kappa shape index (κ2) is 8.09. The van der Waals surface area contributed by atoms with Gasteiger partial charge in [0.1, 0.15) is 23.9 Å². The van der Waals surface area contributed by atoms with Gasteiger partial charge in [0.25, 0.3) is 11.6 Å². The van der Waals surface area contributed by atoms with Crippen LogP contribution >= 0.6 is 0 Å². The Morgan fingerprint density at radius 2 is 1.92 bits per heavy atom. The summed E-state index contributed by atoms with van der Waals surface area (Å²) in [7, 11) is 2.93. The van der Waals surface area contributed by atoms with E-state index in [1.54, 1.807) is 7.05 Å². The molecule has 132 valence electrons. The molecule has 2 aromatic carbocycles. The molecule has 25 heavy (non-hydrogen) atoms. The quantitative estimate of drug-likeness (QED) is 0.568. The standard InChI is InChI=1S/C17H17FN2O5/c1-19(9-10-25-14-6-3-12(18)4-7-14)17(21)15-11-13(20(22)23)5-8-16(15)24-2/h3-8,11H,9-10H2,1-2H3. The largest absolute Gasteiger partial charge is 0.496 e. The minimum absolute atomic E-state index is 0.0981. The number of amides is 1. The van der Waals surface area contributed by atoms with Gasteiger partial charge in [0.15, 0.2) is 0 Å². The molecule has 2 aromatic rings. The van der Waals surface area contributed by atoms with Crippen molar-refractivity contribution < 1.29 is 23.6 Å². The molecule has 0 saturated carbocycles. The summed E-state index contributed by atoms with van der Waals surface area (Å²) in [6.07, 6.45) is 0. The van der Waals surface area contributed by atoms with E-state index in [0.29, 0.717) is 5.75 Å². The monoisotopic (exact) mass is 348 g/mol. The molecule has 0 unspecified atom stereocenters. The van der Waals surface area contributed by atoms with Crippen LogP contribution in [0.2, 0.25) is 0 Å². The van der Waals surface area contributed by atoms with Gasteiger partial charge >= 0.3 is 0 Å². The second-order valence-corrected chi connectivity index (χ2v) is 5.17. The van der Waals surface area contributed by atoms with Crippen molar-refractivity contribution in [1.29, 1.82) is 0 Å². The van der Waals surface area contributed by atoms with E-state index in [-0.39, 0.29) is 36.0 Å². The lowest BCUT2D eigenvalue weighted by atomic mass is 10.1. The number of nitro groups is 1. The molecule has 0 aliphatic heterocycles. The number of likely N-dealkylation sites (N-methyl/N-ethyl adjacent to an activating group) is 1. The molecule has 7 nitrogen and oxygen atoms in total. The predicted molar refractivity (Wildman–Crippen MR) is 88.5 cm³/mol. The van der Waals surface area contributed by atoms with E-state index in [1.165, 1.54) is 54.5 Å². The summed E-state index contributed by atoms with van der Waals surface area (Å²) in [5, 5.41) is 10.9. The number of halogens is 1. The average molecular weight is 348 g/mol. The number of hydrogen-bond donors (Lipinski definition) is 0. The van der Waals surface area contributed by atoms with E-state index in [4.69, 9.17) is 9.47 Å². The SMILES string of the molecule is COc1ccc([N+](=O)[O-])cc1C(=O)N(C)CCOc1ccc(F)cc1. The van der Waals surface area contributed by atoms with Gasteiger partial charge in [0.05, 0.1) is 24.1 Å². The first-order valence-electron chi connectivity index (χ1n) is 7.38. The van der Waals surface area contributed by atoms with Crippen LogP contribution in [0.15, 0.2) is 42.5 Å². The fourth-order valence-corrected chi connectivity index (χ4v) is 2.12. The minimum Gasteiger partial charge on any atom is -0.496 e. The Morgan fingerprint density at radius 1 is 1.24 bits per heavy atom. The summed E-state index contributed by atoms with van der Waals surface area (Å²) in [5.74, 6) is -0.0576. The maximum Gasteiger partial charge on any atom is 0.270 e. The molecule has 0 spiro atoms. The molecule has 0 N–H and O–H groups in total. The number of ether oxygens (including phenoxy) is 2. The molecule has 0 heterocycles. The van der Waals surface area contributed by atoms with Crippen LogP contribution in [0, 0.1) is 15.9 Å². The number of nitro benzene ring substituents is 1. The zero-order valence-electron chi connectivity index (χ0n) is 13.8. The van der Waals surface area contributed by atoms with Gasteiger partial charge in [-0.1, -0.05) is 0 Å². The maximum atomic E-state index is 12.8. The van der Waals surface area contributed by atoms with Crippen LogP contribution < -0.4 is 9.47 Å². The van der Waals surface area contributed by atoms with Gasteiger partial charge in [0, 0.05) is 19.2 Å². The van der Waals surface area contributed by atoms with E-state index >= 15 is 0 Å². The zero-order valence-corrected chi connectivity index (χ0v) is 13.8. The van der Waals surface area contributed by atoms with Crippen molar-refractivity contribution >= 4 is 11.6 Å². The van der Waals surface area contributed by atoms with E-state index in [2.05, 4.69) is 0 Å². The van der Waals surface area contributed by atoms with E-state index in [9.17, 15) is 19.3 Å². The van der Waals surface area contributed by atoms with Crippen LogP contribution in [-0.4, -0.2) is 43.0 Å². The molecular weight excluding hydrogens is 331 g/mol. The second-order valence-electron chi connectivity index (χ2n) is 5.17. The third-order valence-corrected chi connectivity index (χ3v) is 3.48. The Kier molecular flexibility index (Phi) is 5.89. The normalized spacial score (nSPS) is 10.2. The summed E-state index contributed by atoms with van der Waals surface area (Å²) in [6, 6.07) is 9.36. The first kappa shape index (κ1) is 18.2. The van der Waals surface area contributed by atoms with E-state index in [0.717, 1.165) is 0 Å². The molecule has 0 saturated heterocycles. The Labute approximate surface area is 143 Å². The number of nitrogens with zero attached hydrogens (tertiary/aromatic N) is 2. The van der Waals surface area contributed by atoms with Gasteiger partial charge in [-0.3, -0.25) is 14.9 Å². The van der Waals surface area contributed by atoms with Crippen molar-refractivity contribution in [2.45, 2.75) is 0 Å². The van der Waals surface area contributed by atoms with Crippen molar-refractivity contribution in [2.75, 3.05) is 27.3 Å². The van der Waals surface area contributed by atoms with Gasteiger partial charge in [-0.15, -0.1) is 0 Å². The van der Waals surface area contributed by atoms with Crippen LogP contribution in [-0.2, 0) is 0 Å². The summed E-state index contributed by atoms with van der Waals surface area (Å²) in [4.78, 5) is 24.2. The summed E-state index contributed by atoms with van der Waals surface area (Å²) < 4.78 is 23.4. The predicted octanol–water partition coefficient (Wildman–Crippen LogP) is 2.89. The third kappa shape index (κ3) is 4.66. The fraction of sp³-hybridized carbons (Fsp3) is 0.235. The van der Waals surface area contributed by atoms with Crippen LogP contribution in [0.5, 0.6) is 11.5 Å². The molecule has 0 radical (unpaired) electrons. The zero-order chi connectivity index (χ0) is 18.4. The van der Waals surface area contributed by atoms with Gasteiger partial charge in [-0.25, -0.2) is 4.39 Å². The van der Waals surface area contributed by atoms with Gasteiger partial charge in [-0.05, 0) is 30.3 Å². The summed E-state index contributed by atoms with van der Waals surface area (Å²) in [5.41, 5.74) is -0.0962. The van der Waals surface area contributed by atoms with Gasteiger partial charge in [-0.2, -0.15) is 0 Å². The first-order valence-corrected chi connectivity index (χ1v) is 7.38. The number of non-ortho nitro benzene ring substituents is 1. The maximum absolute atomic E-state index is 12.8. The summed E-state index contributed by atoms with van der Waals surface area (Å²) >= 11 is 0. The highest BCUT2D eigenvalue weighted by molar-refractivity contribution is 5.97. The fourth-order valence-electron chi connectivity index (χ4n) is 2.12. The third-order valence-electron chi connectivity index (χ3n) is 3.48. The highest BCUT2D eigenvalue weighted by Crippen LogP contribution is 2.25. The lowest BCUT2D eigenvalue weighted by molar-refractivity contribution is -0.384. The minimum atomic E-state index is -0.576. The van der Waals surface area contributed by atoms with Crippen molar-refractivity contribution in [3.63, 3.8) is 0 Å². The Hall–Kier alpha value is -3.16. The number of rotatable bonds is 7. The number of carbonyl (C=O) groups excluding carboxylic acids is 1. The van der Waals surface area contributed by atoms with Gasteiger partial charge < -0.3 is 14.4 Å². The molecule has 0 aliphatic rings. The van der Waals surface area contributed by atoms with E-state index in [1.807, 2.05) is 0 Å². The van der Waals surface area contributed by atoms with Crippen molar-refractivity contribution in [3.05, 3.63) is 64.0 Å². The smallest absolute Gasteiger partial charge is 0.270 e. The van der Waals surface area contributed by atoms with Crippen LogP contribution in [0.4, 0.5) is 10.1 Å². The molecule has 2 rings (SSSR count). The first-order chi connectivity index (χ1) is 11.9. The van der Waals surface area contributed by atoms with Crippen molar-refractivity contribution in [1.82, 2.24) is 4.90 Å². The molecule has 0 fully saturated rings. The number of hydrogen-bond acceptors (Lipinski definition) is 5. The molecule has 0 atom stereocenters. The van der Waals surface area contributed by atoms with Crippen molar-refractivity contribution in [2.24, 2.45) is 0 Å². The number of benzene rings is 2. The van der Waals surface area contributed by atoms with E-state index < -0.39 is 10.8 Å². The Morgan fingerprint density at radius 3 is 2.52 bits per heavy atom. The lowest BCUT2D eigenvalue weighted by Crippen LogP contribution is -2.31. The lowest BCUT2D eigenvalue weighted by Gasteiger charge is -2.18. The summed E-state index contributed by atoms with van der Waals surface area (Å²) in [6.45, 7) is 0.424. The molecule has 8 heteroatoms. The number of methoxy groups -OCH3 is 1. The van der Waals surface area contributed by atoms with Crippen LogP contribution in [0.3, 0.4) is 0 Å². The Bertz CT molecular complexity index is 764. The molecule has 1 amide bonds. The topological polar surface area (TPSA) is 81.9 Å². The van der Waals surface area contributed by atoms with Crippen molar-refractivity contribution in [3.8, 4) is 11.5 Å². The molecule has 0 aliphatic carbocycles. The van der Waals surface area contributed by atoms with Crippen LogP contribution in [0.1, 0.15) is 10.4 Å². The molecular formula is C17H17FN2O5. The molecule has 0 aromatic heterocycles. The highest BCUT2D eigenvalue weighted by Gasteiger charge is 2.20. The average Bonchev–Trinajstić information content (AvgIpc) is 2.62. The van der Waals surface area contributed by atoms with Crippen LogP contribution in [0.25, 0.3) is 0 Å². The Balaban J connectivity index is 2.02. The van der Waals surface area contributed by atoms with Gasteiger partial charge in [0.2, 0.25) is 0 Å². The molecule has 0 bridgehead atoms.